The Balaban J connectivity index is 2.68. The van der Waals surface area contributed by atoms with Crippen LogP contribution in [0.15, 0.2) is 24.3 Å². The summed E-state index contributed by atoms with van der Waals surface area (Å²) < 4.78 is 13.2. The van der Waals surface area contributed by atoms with Gasteiger partial charge in [0.1, 0.15) is 5.82 Å². The van der Waals surface area contributed by atoms with Crippen LogP contribution in [0.4, 0.5) is 4.39 Å². The Morgan fingerprint density at radius 3 is 2.50 bits per heavy atom. The van der Waals surface area contributed by atoms with Crippen molar-refractivity contribution in [3.8, 4) is 0 Å². The van der Waals surface area contributed by atoms with Crippen LogP contribution >= 0.6 is 0 Å². The first-order chi connectivity index (χ1) is 8.54. The largest absolute Gasteiger partial charge is 0.314 e. The Morgan fingerprint density at radius 2 is 1.94 bits per heavy atom. The Labute approximate surface area is 111 Å². The highest BCUT2D eigenvalue weighted by molar-refractivity contribution is 5.17. The lowest BCUT2D eigenvalue weighted by atomic mass is 9.84. The molecular formula is C16H26FN. The van der Waals surface area contributed by atoms with E-state index in [1.165, 1.54) is 6.07 Å². The van der Waals surface area contributed by atoms with E-state index in [2.05, 4.69) is 33.0 Å². The zero-order valence-corrected chi connectivity index (χ0v) is 12.0. The average Bonchev–Trinajstić information content (AvgIpc) is 2.32. The topological polar surface area (TPSA) is 12.0 Å². The fourth-order valence-corrected chi connectivity index (χ4v) is 2.45. The van der Waals surface area contributed by atoms with Crippen LogP contribution in [0.1, 0.15) is 39.7 Å². The Bertz CT molecular complexity index is 349. The molecule has 1 N–H and O–H groups in total. The van der Waals surface area contributed by atoms with Crippen molar-refractivity contribution in [1.29, 1.82) is 0 Å². The molecular weight excluding hydrogens is 225 g/mol. The number of nitrogens with one attached hydrogen (secondary N) is 1. The molecule has 102 valence electrons. The second-order valence-electron chi connectivity index (χ2n) is 5.48. The minimum Gasteiger partial charge on any atom is -0.314 e. The average molecular weight is 251 g/mol. The highest BCUT2D eigenvalue weighted by atomic mass is 19.1. The number of hydrogen-bond donors (Lipinski definition) is 1. The van der Waals surface area contributed by atoms with Gasteiger partial charge in [0.2, 0.25) is 0 Å². The first-order valence-corrected chi connectivity index (χ1v) is 7.02. The van der Waals surface area contributed by atoms with E-state index in [9.17, 15) is 4.39 Å². The van der Waals surface area contributed by atoms with Crippen molar-refractivity contribution in [1.82, 2.24) is 5.32 Å². The van der Waals surface area contributed by atoms with Crippen LogP contribution in [-0.4, -0.2) is 12.6 Å². The summed E-state index contributed by atoms with van der Waals surface area (Å²) in [6, 6.07) is 7.44. The fraction of sp³-hybridized carbons (Fsp3) is 0.625. The van der Waals surface area contributed by atoms with Gasteiger partial charge in [-0.1, -0.05) is 32.9 Å². The molecule has 0 saturated heterocycles. The summed E-state index contributed by atoms with van der Waals surface area (Å²) in [5.41, 5.74) is 1.10. The van der Waals surface area contributed by atoms with E-state index in [-0.39, 0.29) is 5.82 Å². The van der Waals surface area contributed by atoms with Crippen molar-refractivity contribution in [2.45, 2.75) is 46.6 Å². The van der Waals surface area contributed by atoms with Crippen molar-refractivity contribution in [2.75, 3.05) is 6.54 Å². The minimum absolute atomic E-state index is 0.135. The second-order valence-corrected chi connectivity index (χ2v) is 5.48. The molecule has 0 fully saturated rings. The van der Waals surface area contributed by atoms with Crippen molar-refractivity contribution < 1.29 is 4.39 Å². The maximum atomic E-state index is 13.2. The second kappa shape index (κ2) is 7.52. The summed E-state index contributed by atoms with van der Waals surface area (Å²) in [7, 11) is 0. The number of hydrogen-bond acceptors (Lipinski definition) is 1. The molecule has 0 aliphatic carbocycles. The predicted octanol–water partition coefficient (Wildman–Crippen LogP) is 4.03. The highest BCUT2D eigenvalue weighted by Crippen LogP contribution is 2.21. The summed E-state index contributed by atoms with van der Waals surface area (Å²) in [4.78, 5) is 0. The van der Waals surface area contributed by atoms with Gasteiger partial charge in [-0.3, -0.25) is 0 Å². The van der Waals surface area contributed by atoms with Gasteiger partial charge in [0.15, 0.2) is 0 Å². The van der Waals surface area contributed by atoms with Crippen LogP contribution in [0.2, 0.25) is 0 Å². The van der Waals surface area contributed by atoms with Crippen molar-refractivity contribution in [3.63, 3.8) is 0 Å². The zero-order valence-electron chi connectivity index (χ0n) is 12.0. The quantitative estimate of drug-likeness (QED) is 0.771. The molecule has 1 rings (SSSR count). The van der Waals surface area contributed by atoms with Crippen LogP contribution in [0.3, 0.4) is 0 Å². The SMILES string of the molecule is CCCNC(C)C(Cc1cccc(F)c1)C(C)C. The monoisotopic (exact) mass is 251 g/mol. The molecule has 0 aliphatic rings. The van der Waals surface area contributed by atoms with Crippen molar-refractivity contribution >= 4 is 0 Å². The van der Waals surface area contributed by atoms with Crippen molar-refractivity contribution in [2.24, 2.45) is 11.8 Å². The Hall–Kier alpha value is -0.890. The molecule has 1 nitrogen and oxygen atoms in total. The van der Waals surface area contributed by atoms with Gasteiger partial charge in [-0.15, -0.1) is 0 Å². The van der Waals surface area contributed by atoms with E-state index in [1.54, 1.807) is 12.1 Å². The molecule has 2 atom stereocenters. The van der Waals surface area contributed by atoms with Crippen LogP contribution in [0.25, 0.3) is 0 Å². The minimum atomic E-state index is -0.135. The van der Waals surface area contributed by atoms with E-state index < -0.39 is 0 Å². The van der Waals surface area contributed by atoms with E-state index >= 15 is 0 Å². The smallest absolute Gasteiger partial charge is 0.123 e. The normalized spacial score (nSPS) is 14.8. The van der Waals surface area contributed by atoms with E-state index in [0.29, 0.717) is 17.9 Å². The highest BCUT2D eigenvalue weighted by Gasteiger charge is 2.20. The molecule has 1 aromatic carbocycles. The van der Waals surface area contributed by atoms with E-state index in [0.717, 1.165) is 24.9 Å². The van der Waals surface area contributed by atoms with Crippen molar-refractivity contribution in [3.05, 3.63) is 35.6 Å². The van der Waals surface area contributed by atoms with Crippen LogP contribution in [-0.2, 0) is 6.42 Å². The lowest BCUT2D eigenvalue weighted by Crippen LogP contribution is -2.37. The molecule has 0 heterocycles. The van der Waals surface area contributed by atoms with Gasteiger partial charge in [-0.25, -0.2) is 4.39 Å². The molecule has 0 aliphatic heterocycles. The summed E-state index contributed by atoms with van der Waals surface area (Å²) in [5.74, 6) is 0.996. The molecule has 1 aromatic rings. The molecule has 0 saturated carbocycles. The molecule has 0 amide bonds. The van der Waals surface area contributed by atoms with Gasteiger partial charge in [0.05, 0.1) is 0 Å². The molecule has 2 unspecified atom stereocenters. The van der Waals surface area contributed by atoms with E-state index in [1.807, 2.05) is 6.07 Å². The number of rotatable bonds is 7. The molecule has 0 bridgehead atoms. The van der Waals surface area contributed by atoms with Gasteiger partial charge in [-0.2, -0.15) is 0 Å². The van der Waals surface area contributed by atoms with Gasteiger partial charge in [0, 0.05) is 6.04 Å². The number of halogens is 1. The Kier molecular flexibility index (Phi) is 6.34. The third-order valence-corrected chi connectivity index (χ3v) is 3.58. The molecule has 18 heavy (non-hydrogen) atoms. The third kappa shape index (κ3) is 4.77. The molecule has 0 aromatic heterocycles. The maximum absolute atomic E-state index is 13.2. The zero-order chi connectivity index (χ0) is 13.5. The van der Waals surface area contributed by atoms with E-state index in [4.69, 9.17) is 0 Å². The van der Waals surface area contributed by atoms with Crippen LogP contribution in [0, 0.1) is 17.7 Å². The van der Waals surface area contributed by atoms with Crippen LogP contribution < -0.4 is 5.32 Å². The summed E-state index contributed by atoms with van der Waals surface area (Å²) >= 11 is 0. The Morgan fingerprint density at radius 1 is 1.22 bits per heavy atom. The number of benzene rings is 1. The molecule has 0 radical (unpaired) electrons. The lowest BCUT2D eigenvalue weighted by molar-refractivity contribution is 0.289. The fourth-order valence-electron chi connectivity index (χ4n) is 2.45. The first kappa shape index (κ1) is 15.2. The first-order valence-electron chi connectivity index (χ1n) is 7.02. The summed E-state index contributed by atoms with van der Waals surface area (Å²) in [5, 5.41) is 3.55. The molecule has 0 spiro atoms. The molecule has 2 heteroatoms. The van der Waals surface area contributed by atoms with Gasteiger partial charge in [0.25, 0.3) is 0 Å². The summed E-state index contributed by atoms with van der Waals surface area (Å²) in [6.07, 6.45) is 2.09. The van der Waals surface area contributed by atoms with Gasteiger partial charge in [-0.05, 0) is 55.8 Å². The lowest BCUT2D eigenvalue weighted by Gasteiger charge is -2.28. The predicted molar refractivity (Wildman–Crippen MR) is 76.2 cm³/mol. The third-order valence-electron chi connectivity index (χ3n) is 3.58. The van der Waals surface area contributed by atoms with Crippen LogP contribution in [0.5, 0.6) is 0 Å². The maximum Gasteiger partial charge on any atom is 0.123 e. The standard InChI is InChI=1S/C16H26FN/c1-5-9-18-13(4)16(12(2)3)11-14-7-6-8-15(17)10-14/h6-8,10,12-13,16,18H,5,9,11H2,1-4H3. The summed E-state index contributed by atoms with van der Waals surface area (Å²) in [6.45, 7) is 9.95. The van der Waals surface area contributed by atoms with Gasteiger partial charge >= 0.3 is 0 Å². The van der Waals surface area contributed by atoms with Gasteiger partial charge < -0.3 is 5.32 Å².